The number of rotatable bonds is 6. The topological polar surface area (TPSA) is 94.0 Å². The number of furan rings is 1. The molecule has 1 aromatic carbocycles. The molecular formula is C19H16N4O2S2. The van der Waals surface area contributed by atoms with Crippen LogP contribution >= 0.6 is 23.1 Å². The molecule has 0 radical (unpaired) electrons. The average molecular weight is 396 g/mol. The highest BCUT2D eigenvalue weighted by Gasteiger charge is 2.14. The number of nitrogens with two attached hydrogens (primary N) is 1. The van der Waals surface area contributed by atoms with Gasteiger partial charge in [-0.15, -0.1) is 11.3 Å². The van der Waals surface area contributed by atoms with Crippen molar-refractivity contribution < 1.29 is 9.21 Å². The molecule has 4 aromatic rings. The van der Waals surface area contributed by atoms with Crippen LogP contribution in [0.5, 0.6) is 0 Å². The molecule has 4 rings (SSSR count). The molecule has 0 spiro atoms. The highest BCUT2D eigenvalue weighted by molar-refractivity contribution is 7.99. The molecule has 0 fully saturated rings. The Balaban J connectivity index is 1.46. The first-order valence-electron chi connectivity index (χ1n) is 8.23. The third-order valence-electron chi connectivity index (χ3n) is 3.90. The number of amides is 1. The number of thiophene rings is 1. The van der Waals surface area contributed by atoms with Gasteiger partial charge in [0.1, 0.15) is 16.4 Å². The first-order chi connectivity index (χ1) is 13.2. The maximum absolute atomic E-state index is 12.0. The SMILES string of the molecule is Nc1nc(SCC(=O)NCc2ccco2)nc2scc(-c3ccccc3)c12. The van der Waals surface area contributed by atoms with Gasteiger partial charge in [-0.3, -0.25) is 4.79 Å². The third kappa shape index (κ3) is 3.96. The van der Waals surface area contributed by atoms with E-state index in [1.807, 2.05) is 41.8 Å². The van der Waals surface area contributed by atoms with Gasteiger partial charge in [-0.25, -0.2) is 9.97 Å². The fourth-order valence-corrected chi connectivity index (χ4v) is 4.32. The number of hydrogen-bond acceptors (Lipinski definition) is 7. The molecule has 8 heteroatoms. The molecule has 0 saturated carbocycles. The molecule has 136 valence electrons. The van der Waals surface area contributed by atoms with Gasteiger partial charge in [0.15, 0.2) is 5.16 Å². The molecule has 3 N–H and O–H groups in total. The predicted octanol–water partition coefficient (Wildman–Crippen LogP) is 3.94. The summed E-state index contributed by atoms with van der Waals surface area (Å²) in [5, 5.41) is 6.19. The molecule has 3 heterocycles. The zero-order valence-electron chi connectivity index (χ0n) is 14.2. The fraction of sp³-hybridized carbons (Fsp3) is 0.105. The van der Waals surface area contributed by atoms with E-state index < -0.39 is 0 Å². The van der Waals surface area contributed by atoms with E-state index in [1.54, 1.807) is 12.3 Å². The largest absolute Gasteiger partial charge is 0.467 e. The lowest BCUT2D eigenvalue weighted by Gasteiger charge is -2.05. The summed E-state index contributed by atoms with van der Waals surface area (Å²) >= 11 is 2.78. The number of benzene rings is 1. The summed E-state index contributed by atoms with van der Waals surface area (Å²) in [6, 6.07) is 13.6. The molecule has 0 saturated heterocycles. The number of anilines is 1. The minimum absolute atomic E-state index is 0.116. The molecule has 6 nitrogen and oxygen atoms in total. The van der Waals surface area contributed by atoms with Crippen LogP contribution in [0, 0.1) is 0 Å². The molecule has 0 bridgehead atoms. The van der Waals surface area contributed by atoms with E-state index >= 15 is 0 Å². The smallest absolute Gasteiger partial charge is 0.230 e. The summed E-state index contributed by atoms with van der Waals surface area (Å²) in [6.45, 7) is 0.361. The van der Waals surface area contributed by atoms with Crippen molar-refractivity contribution in [1.82, 2.24) is 15.3 Å². The number of thioether (sulfide) groups is 1. The number of carbonyl (C=O) groups is 1. The quantitative estimate of drug-likeness (QED) is 0.379. The Labute approximate surface area is 163 Å². The minimum atomic E-state index is -0.116. The first kappa shape index (κ1) is 17.6. The van der Waals surface area contributed by atoms with Crippen molar-refractivity contribution in [2.75, 3.05) is 11.5 Å². The first-order valence-corrected chi connectivity index (χ1v) is 10.1. The highest BCUT2D eigenvalue weighted by Crippen LogP contribution is 2.36. The molecule has 3 aromatic heterocycles. The van der Waals surface area contributed by atoms with Gasteiger partial charge in [0, 0.05) is 10.9 Å². The summed E-state index contributed by atoms with van der Waals surface area (Å²) in [7, 11) is 0. The van der Waals surface area contributed by atoms with Gasteiger partial charge >= 0.3 is 0 Å². The average Bonchev–Trinajstić information content (AvgIpc) is 3.35. The van der Waals surface area contributed by atoms with Gasteiger partial charge in [-0.05, 0) is 17.7 Å². The van der Waals surface area contributed by atoms with Gasteiger partial charge in [-0.2, -0.15) is 0 Å². The Kier molecular flexibility index (Phi) is 5.08. The summed E-state index contributed by atoms with van der Waals surface area (Å²) < 4.78 is 5.19. The van der Waals surface area contributed by atoms with Crippen LogP contribution in [0.15, 0.2) is 63.7 Å². The van der Waals surface area contributed by atoms with Crippen molar-refractivity contribution in [3.8, 4) is 11.1 Å². The summed E-state index contributed by atoms with van der Waals surface area (Å²) in [5.41, 5.74) is 8.31. The van der Waals surface area contributed by atoms with Crippen LogP contribution in [0.4, 0.5) is 5.82 Å². The fourth-order valence-electron chi connectivity index (χ4n) is 2.62. The standard InChI is InChI=1S/C19H16N4O2S2/c20-17-16-14(12-5-2-1-3-6-12)10-26-18(16)23-19(22-17)27-11-15(24)21-9-13-7-4-8-25-13/h1-8,10H,9,11H2,(H,21,24)(H2,20,22,23). The number of hydrogen-bond donors (Lipinski definition) is 2. The minimum Gasteiger partial charge on any atom is -0.467 e. The summed E-state index contributed by atoms with van der Waals surface area (Å²) in [6.07, 6.45) is 1.58. The van der Waals surface area contributed by atoms with Crippen molar-refractivity contribution in [1.29, 1.82) is 0 Å². The van der Waals surface area contributed by atoms with Crippen molar-refractivity contribution in [3.63, 3.8) is 0 Å². The molecule has 27 heavy (non-hydrogen) atoms. The summed E-state index contributed by atoms with van der Waals surface area (Å²) in [5.74, 6) is 1.23. The molecule has 0 atom stereocenters. The van der Waals surface area contributed by atoms with Gasteiger partial charge in [0.2, 0.25) is 5.91 Å². The molecule has 0 aliphatic rings. The Morgan fingerprint density at radius 1 is 1.19 bits per heavy atom. The number of nitrogens with one attached hydrogen (secondary N) is 1. The van der Waals surface area contributed by atoms with Crippen LogP contribution < -0.4 is 11.1 Å². The van der Waals surface area contributed by atoms with Crippen LogP contribution in [0.25, 0.3) is 21.3 Å². The molecular weight excluding hydrogens is 380 g/mol. The Hall–Kier alpha value is -2.84. The second-order valence-corrected chi connectivity index (χ2v) is 7.53. The van der Waals surface area contributed by atoms with E-state index in [4.69, 9.17) is 10.2 Å². The predicted molar refractivity (Wildman–Crippen MR) is 109 cm³/mol. The van der Waals surface area contributed by atoms with Crippen LogP contribution in [-0.2, 0) is 11.3 Å². The van der Waals surface area contributed by atoms with Gasteiger partial charge < -0.3 is 15.5 Å². The van der Waals surface area contributed by atoms with E-state index in [0.717, 1.165) is 21.3 Å². The number of nitrogen functional groups attached to an aromatic ring is 1. The zero-order chi connectivity index (χ0) is 18.6. The normalized spacial score (nSPS) is 11.0. The van der Waals surface area contributed by atoms with Crippen molar-refractivity contribution in [2.24, 2.45) is 0 Å². The van der Waals surface area contributed by atoms with Crippen molar-refractivity contribution >= 4 is 45.0 Å². The van der Waals surface area contributed by atoms with E-state index in [1.165, 1.54) is 23.1 Å². The Bertz CT molecular complexity index is 1060. The molecule has 0 unspecified atom stereocenters. The van der Waals surface area contributed by atoms with E-state index in [9.17, 15) is 4.79 Å². The van der Waals surface area contributed by atoms with E-state index in [0.29, 0.717) is 23.3 Å². The Morgan fingerprint density at radius 3 is 2.81 bits per heavy atom. The van der Waals surface area contributed by atoms with Gasteiger partial charge in [0.25, 0.3) is 0 Å². The van der Waals surface area contributed by atoms with Crippen LogP contribution in [0.3, 0.4) is 0 Å². The highest BCUT2D eigenvalue weighted by atomic mass is 32.2. The molecule has 0 aliphatic carbocycles. The lowest BCUT2D eigenvalue weighted by molar-refractivity contribution is -0.118. The number of nitrogens with zero attached hydrogens (tertiary/aromatic N) is 2. The van der Waals surface area contributed by atoms with Crippen molar-refractivity contribution in [3.05, 3.63) is 59.9 Å². The van der Waals surface area contributed by atoms with Gasteiger partial charge in [0.05, 0.1) is 23.9 Å². The zero-order valence-corrected chi connectivity index (χ0v) is 15.8. The van der Waals surface area contributed by atoms with Gasteiger partial charge in [-0.1, -0.05) is 42.1 Å². The lowest BCUT2D eigenvalue weighted by atomic mass is 10.1. The number of carbonyl (C=O) groups excluding carboxylic acids is 1. The second-order valence-electron chi connectivity index (χ2n) is 5.73. The maximum atomic E-state index is 12.0. The number of aromatic nitrogens is 2. The third-order valence-corrected chi connectivity index (χ3v) is 5.62. The van der Waals surface area contributed by atoms with E-state index in [-0.39, 0.29) is 11.7 Å². The number of fused-ring (bicyclic) bond motifs is 1. The van der Waals surface area contributed by atoms with E-state index in [2.05, 4.69) is 15.3 Å². The van der Waals surface area contributed by atoms with Crippen LogP contribution in [-0.4, -0.2) is 21.6 Å². The molecule has 0 aliphatic heterocycles. The molecule has 1 amide bonds. The maximum Gasteiger partial charge on any atom is 0.230 e. The second kappa shape index (κ2) is 7.81. The lowest BCUT2D eigenvalue weighted by Crippen LogP contribution is -2.24. The van der Waals surface area contributed by atoms with Crippen LogP contribution in [0.1, 0.15) is 5.76 Å². The summed E-state index contributed by atoms with van der Waals surface area (Å²) in [4.78, 5) is 21.7. The Morgan fingerprint density at radius 2 is 2.04 bits per heavy atom. The van der Waals surface area contributed by atoms with Crippen molar-refractivity contribution in [2.45, 2.75) is 11.7 Å². The van der Waals surface area contributed by atoms with Crippen LogP contribution in [0.2, 0.25) is 0 Å². The monoisotopic (exact) mass is 396 g/mol.